The van der Waals surface area contributed by atoms with Gasteiger partial charge in [0.05, 0.1) is 0 Å². The average Bonchev–Trinajstić information content (AvgIpc) is 3.00. The van der Waals surface area contributed by atoms with Crippen LogP contribution in [0.15, 0.2) is 0 Å². The maximum Gasteiger partial charge on any atom is 0.00955 e. The van der Waals surface area contributed by atoms with Gasteiger partial charge < -0.3 is 5.32 Å². The van der Waals surface area contributed by atoms with Crippen molar-refractivity contribution in [3.05, 3.63) is 0 Å². The first-order valence-corrected chi connectivity index (χ1v) is 9.38. The van der Waals surface area contributed by atoms with E-state index < -0.39 is 0 Å². The third-order valence-corrected chi connectivity index (χ3v) is 6.01. The minimum absolute atomic E-state index is 0.917. The Balaban J connectivity index is 1.49. The molecule has 1 saturated carbocycles. The Bertz CT molecular complexity index is 255. The molecule has 3 fully saturated rings. The van der Waals surface area contributed by atoms with Crippen LogP contribution in [-0.2, 0) is 0 Å². The second-order valence-electron chi connectivity index (χ2n) is 7.55. The Morgan fingerprint density at radius 1 is 0.600 bits per heavy atom. The number of rotatable bonds is 1. The lowest BCUT2D eigenvalue weighted by Gasteiger charge is -2.29. The number of hydrogen-bond donors (Lipinski definition) is 1. The predicted molar refractivity (Wildman–Crippen MR) is 86.0 cm³/mol. The molecule has 2 aliphatic heterocycles. The van der Waals surface area contributed by atoms with E-state index in [1.807, 2.05) is 0 Å². The standard InChI is InChI=1S/C18H34N2/c1-2-4-6-8-10-18(11-9-7-5-3-1)20-14-16-12-19-13-17(16)15-20/h16-19H,1-15H2. The third kappa shape index (κ3) is 3.98. The van der Waals surface area contributed by atoms with Gasteiger partial charge in [0, 0.05) is 19.1 Å². The van der Waals surface area contributed by atoms with Crippen LogP contribution in [0.1, 0.15) is 70.6 Å². The topological polar surface area (TPSA) is 15.3 Å². The SMILES string of the molecule is C1CCCCCC(N2CC3CNCC3C2)CCCCC1. The summed E-state index contributed by atoms with van der Waals surface area (Å²) in [6.07, 6.45) is 16.3. The Hall–Kier alpha value is -0.0800. The molecule has 20 heavy (non-hydrogen) atoms. The highest BCUT2D eigenvalue weighted by atomic mass is 15.2. The summed E-state index contributed by atoms with van der Waals surface area (Å²) in [5.74, 6) is 1.94. The van der Waals surface area contributed by atoms with Crippen molar-refractivity contribution < 1.29 is 0 Å². The quantitative estimate of drug-likeness (QED) is 0.784. The summed E-state index contributed by atoms with van der Waals surface area (Å²) in [5, 5.41) is 3.58. The minimum atomic E-state index is 0.917. The van der Waals surface area contributed by atoms with Crippen molar-refractivity contribution >= 4 is 0 Å². The molecule has 2 saturated heterocycles. The van der Waals surface area contributed by atoms with Crippen LogP contribution >= 0.6 is 0 Å². The van der Waals surface area contributed by atoms with Gasteiger partial charge in [-0.15, -0.1) is 0 Å². The molecular weight excluding hydrogens is 244 g/mol. The van der Waals surface area contributed by atoms with Gasteiger partial charge in [-0.1, -0.05) is 57.8 Å². The van der Waals surface area contributed by atoms with Gasteiger partial charge in [0.15, 0.2) is 0 Å². The van der Waals surface area contributed by atoms with Crippen molar-refractivity contribution in [2.75, 3.05) is 26.2 Å². The van der Waals surface area contributed by atoms with Crippen LogP contribution in [0.3, 0.4) is 0 Å². The second-order valence-corrected chi connectivity index (χ2v) is 7.55. The van der Waals surface area contributed by atoms with E-state index >= 15 is 0 Å². The Morgan fingerprint density at radius 2 is 1.05 bits per heavy atom. The van der Waals surface area contributed by atoms with Gasteiger partial charge in [0.2, 0.25) is 0 Å². The van der Waals surface area contributed by atoms with E-state index in [9.17, 15) is 0 Å². The summed E-state index contributed by atoms with van der Waals surface area (Å²) in [6, 6.07) is 0.917. The van der Waals surface area contributed by atoms with E-state index in [1.54, 1.807) is 0 Å². The molecule has 116 valence electrons. The molecule has 2 nitrogen and oxygen atoms in total. The fourth-order valence-electron chi connectivity index (χ4n) is 4.70. The van der Waals surface area contributed by atoms with E-state index in [2.05, 4.69) is 10.2 Å². The molecule has 1 aliphatic carbocycles. The lowest BCUT2D eigenvalue weighted by Crippen LogP contribution is -2.35. The van der Waals surface area contributed by atoms with Crippen molar-refractivity contribution in [2.24, 2.45) is 11.8 Å². The molecule has 2 unspecified atom stereocenters. The van der Waals surface area contributed by atoms with Gasteiger partial charge in [-0.05, 0) is 37.8 Å². The van der Waals surface area contributed by atoms with E-state index in [4.69, 9.17) is 0 Å². The van der Waals surface area contributed by atoms with Crippen molar-refractivity contribution in [3.63, 3.8) is 0 Å². The summed E-state index contributed by atoms with van der Waals surface area (Å²) in [6.45, 7) is 5.35. The van der Waals surface area contributed by atoms with Crippen LogP contribution in [0.4, 0.5) is 0 Å². The van der Waals surface area contributed by atoms with Crippen LogP contribution in [-0.4, -0.2) is 37.1 Å². The maximum atomic E-state index is 3.58. The minimum Gasteiger partial charge on any atom is -0.316 e. The maximum absolute atomic E-state index is 3.58. The fourth-order valence-corrected chi connectivity index (χ4v) is 4.70. The van der Waals surface area contributed by atoms with Crippen LogP contribution in [0.5, 0.6) is 0 Å². The first-order chi connectivity index (χ1) is 9.93. The zero-order chi connectivity index (χ0) is 13.6. The highest BCUT2D eigenvalue weighted by molar-refractivity contribution is 4.93. The number of likely N-dealkylation sites (tertiary alicyclic amines) is 1. The molecule has 3 rings (SSSR count). The Kier molecular flexibility index (Phi) is 5.78. The molecule has 0 aromatic heterocycles. The van der Waals surface area contributed by atoms with E-state index in [1.165, 1.54) is 96.8 Å². The lowest BCUT2D eigenvalue weighted by atomic mass is 9.97. The third-order valence-electron chi connectivity index (χ3n) is 6.01. The number of fused-ring (bicyclic) bond motifs is 1. The largest absolute Gasteiger partial charge is 0.316 e. The van der Waals surface area contributed by atoms with Gasteiger partial charge >= 0.3 is 0 Å². The number of hydrogen-bond acceptors (Lipinski definition) is 2. The second kappa shape index (κ2) is 7.79. The van der Waals surface area contributed by atoms with Crippen molar-refractivity contribution in [1.29, 1.82) is 0 Å². The normalized spacial score (nSPS) is 35.4. The lowest BCUT2D eigenvalue weighted by molar-refractivity contribution is 0.195. The highest BCUT2D eigenvalue weighted by Crippen LogP contribution is 2.31. The molecule has 1 N–H and O–H groups in total. The monoisotopic (exact) mass is 278 g/mol. The molecule has 3 aliphatic rings. The average molecular weight is 278 g/mol. The smallest absolute Gasteiger partial charge is 0.00955 e. The van der Waals surface area contributed by atoms with Crippen molar-refractivity contribution in [3.8, 4) is 0 Å². The zero-order valence-corrected chi connectivity index (χ0v) is 13.3. The highest BCUT2D eigenvalue weighted by Gasteiger charge is 2.38. The molecule has 2 heterocycles. The van der Waals surface area contributed by atoms with Gasteiger partial charge in [0.1, 0.15) is 0 Å². The molecule has 2 heteroatoms. The van der Waals surface area contributed by atoms with Crippen LogP contribution in [0, 0.1) is 11.8 Å². The molecule has 2 atom stereocenters. The number of nitrogens with zero attached hydrogens (tertiary/aromatic N) is 1. The zero-order valence-electron chi connectivity index (χ0n) is 13.3. The van der Waals surface area contributed by atoms with Crippen molar-refractivity contribution in [2.45, 2.75) is 76.7 Å². The Labute approximate surface area is 125 Å². The summed E-state index contributed by atoms with van der Waals surface area (Å²) < 4.78 is 0. The predicted octanol–water partition coefficient (Wildman–Crippen LogP) is 3.81. The fraction of sp³-hybridized carbons (Fsp3) is 1.00. The van der Waals surface area contributed by atoms with Crippen LogP contribution < -0.4 is 5.32 Å². The molecule has 0 aromatic carbocycles. The summed E-state index contributed by atoms with van der Waals surface area (Å²) in [4.78, 5) is 2.88. The summed E-state index contributed by atoms with van der Waals surface area (Å²) in [7, 11) is 0. The van der Waals surface area contributed by atoms with E-state index in [-0.39, 0.29) is 0 Å². The molecule has 0 aromatic rings. The number of nitrogens with one attached hydrogen (secondary N) is 1. The Morgan fingerprint density at radius 3 is 1.55 bits per heavy atom. The molecule has 0 spiro atoms. The van der Waals surface area contributed by atoms with Crippen molar-refractivity contribution in [1.82, 2.24) is 10.2 Å². The van der Waals surface area contributed by atoms with E-state index in [0.29, 0.717) is 0 Å². The van der Waals surface area contributed by atoms with Gasteiger partial charge in [-0.3, -0.25) is 4.90 Å². The van der Waals surface area contributed by atoms with Gasteiger partial charge in [0.25, 0.3) is 0 Å². The van der Waals surface area contributed by atoms with Gasteiger partial charge in [-0.25, -0.2) is 0 Å². The summed E-state index contributed by atoms with van der Waals surface area (Å²) in [5.41, 5.74) is 0. The molecule has 0 amide bonds. The first-order valence-electron chi connectivity index (χ1n) is 9.38. The van der Waals surface area contributed by atoms with Crippen LogP contribution in [0.2, 0.25) is 0 Å². The van der Waals surface area contributed by atoms with Crippen LogP contribution in [0.25, 0.3) is 0 Å². The van der Waals surface area contributed by atoms with Gasteiger partial charge in [-0.2, -0.15) is 0 Å². The van der Waals surface area contributed by atoms with E-state index in [0.717, 1.165) is 17.9 Å². The molecular formula is C18H34N2. The first kappa shape index (κ1) is 14.8. The molecule has 0 radical (unpaired) electrons. The summed E-state index contributed by atoms with van der Waals surface area (Å²) >= 11 is 0. The molecule has 0 bridgehead atoms.